The summed E-state index contributed by atoms with van der Waals surface area (Å²) >= 11 is 6.23. The van der Waals surface area contributed by atoms with Crippen molar-refractivity contribution in [2.75, 3.05) is 0 Å². The summed E-state index contributed by atoms with van der Waals surface area (Å²) in [5, 5.41) is 0. The highest BCUT2D eigenvalue weighted by Crippen LogP contribution is 2.65. The van der Waals surface area contributed by atoms with Crippen molar-refractivity contribution in [2.24, 2.45) is 0 Å². The Balaban J connectivity index is 2.03. The second kappa shape index (κ2) is 6.00. The van der Waals surface area contributed by atoms with Crippen molar-refractivity contribution >= 4 is 69.2 Å². The Bertz CT molecular complexity index is 418. The number of hydrogen-bond donors (Lipinski definition) is 1. The number of hydrogen-bond acceptors (Lipinski definition) is 3. The monoisotopic (exact) mass is 464 g/mol. The normalized spacial score (nSPS) is 11.4. The number of para-hydroxylation sites is 2. The number of nitrogens with one attached hydrogen (secondary N) is 1. The molecule has 0 unspecified atom stereocenters. The molecule has 0 saturated carbocycles. The van der Waals surface area contributed by atoms with Gasteiger partial charge in [-0.15, -0.1) is 0 Å². The molecule has 1 N–H and O–H groups in total. The van der Waals surface area contributed by atoms with E-state index in [2.05, 4.69) is 54.0 Å². The van der Waals surface area contributed by atoms with Crippen LogP contribution in [0.4, 0.5) is 0 Å². The summed E-state index contributed by atoms with van der Waals surface area (Å²) in [6.07, 6.45) is 0. The fraction of sp³-hybridized carbons (Fsp3) is 0.125. The SMILES string of the molecule is IP(I)SOCc1nc2ccccc2[nH]1. The molecule has 3 nitrogen and oxygen atoms in total. The van der Waals surface area contributed by atoms with Crippen LogP contribution in [-0.2, 0) is 10.8 Å². The summed E-state index contributed by atoms with van der Waals surface area (Å²) in [7, 11) is 0. The topological polar surface area (TPSA) is 37.9 Å². The van der Waals surface area contributed by atoms with Gasteiger partial charge in [-0.1, -0.05) is 12.1 Å². The third-order valence-electron chi connectivity index (χ3n) is 1.74. The standard InChI is InChI=1S/C8H7I2N2OPS/c9-14(10)15-13-5-8-11-6-3-1-2-4-7(6)12-8/h1-4H,5H2,(H,11,12). The highest BCUT2D eigenvalue weighted by atomic mass is 127. The lowest BCUT2D eigenvalue weighted by atomic mass is 10.3. The van der Waals surface area contributed by atoms with E-state index in [1.807, 2.05) is 24.3 Å². The Kier molecular flexibility index (Phi) is 4.94. The second-order valence-electron chi connectivity index (χ2n) is 2.74. The Morgan fingerprint density at radius 3 is 2.93 bits per heavy atom. The van der Waals surface area contributed by atoms with Crippen LogP contribution in [0.15, 0.2) is 24.3 Å². The second-order valence-corrected chi connectivity index (χ2v) is 20.3. The molecule has 0 radical (unpaired) electrons. The van der Waals surface area contributed by atoms with E-state index in [0.29, 0.717) is 6.61 Å². The van der Waals surface area contributed by atoms with Crippen LogP contribution in [0, 0.1) is 0 Å². The van der Waals surface area contributed by atoms with Gasteiger partial charge >= 0.3 is 0 Å². The maximum absolute atomic E-state index is 5.45. The van der Waals surface area contributed by atoms with E-state index in [-0.39, 0.29) is 2.41 Å². The minimum Gasteiger partial charge on any atom is -0.340 e. The molecule has 80 valence electrons. The molecule has 0 bridgehead atoms. The van der Waals surface area contributed by atoms with Gasteiger partial charge in [-0.3, -0.25) is 0 Å². The van der Waals surface area contributed by atoms with Crippen molar-refractivity contribution in [2.45, 2.75) is 6.61 Å². The number of benzene rings is 1. The number of halogens is 2. The number of aromatic nitrogens is 2. The van der Waals surface area contributed by atoms with Crippen LogP contribution in [0.1, 0.15) is 5.82 Å². The van der Waals surface area contributed by atoms with E-state index in [1.54, 1.807) is 0 Å². The molecule has 0 saturated heterocycles. The van der Waals surface area contributed by atoms with Crippen molar-refractivity contribution < 1.29 is 4.18 Å². The first kappa shape index (κ1) is 12.3. The largest absolute Gasteiger partial charge is 0.340 e. The molecule has 7 heteroatoms. The van der Waals surface area contributed by atoms with E-state index in [0.717, 1.165) is 16.9 Å². The molecule has 0 aliphatic rings. The molecule has 2 rings (SSSR count). The van der Waals surface area contributed by atoms with Gasteiger partial charge in [0, 0.05) is 11.7 Å². The zero-order chi connectivity index (χ0) is 10.7. The molecule has 0 spiro atoms. The Morgan fingerprint density at radius 1 is 1.40 bits per heavy atom. The summed E-state index contributed by atoms with van der Waals surface area (Å²) in [5.74, 6) is 0.883. The average Bonchev–Trinajstić information content (AvgIpc) is 2.59. The molecule has 1 aromatic heterocycles. The van der Waals surface area contributed by atoms with Gasteiger partial charge in [-0.2, -0.15) is 0 Å². The number of rotatable bonds is 4. The number of aromatic amines is 1. The van der Waals surface area contributed by atoms with Gasteiger partial charge in [0.15, 0.2) is 0 Å². The molecular formula is C8H7I2N2OPS. The van der Waals surface area contributed by atoms with Crippen LogP contribution < -0.4 is 0 Å². The zero-order valence-corrected chi connectivity index (χ0v) is 13.5. The summed E-state index contributed by atoms with van der Waals surface area (Å²) in [6.45, 7) is 0.532. The van der Waals surface area contributed by atoms with Gasteiger partial charge < -0.3 is 9.17 Å². The summed E-state index contributed by atoms with van der Waals surface area (Å²) in [4.78, 5) is 7.64. The van der Waals surface area contributed by atoms with Gasteiger partial charge in [0.05, 0.1) is 11.0 Å². The van der Waals surface area contributed by atoms with E-state index in [4.69, 9.17) is 4.18 Å². The molecule has 0 aliphatic heterocycles. The van der Waals surface area contributed by atoms with Crippen LogP contribution >= 0.6 is 58.2 Å². The molecule has 0 aliphatic carbocycles. The minimum absolute atomic E-state index is 0.128. The van der Waals surface area contributed by atoms with Gasteiger partial charge in [0.2, 0.25) is 0 Å². The lowest BCUT2D eigenvalue weighted by molar-refractivity contribution is 0.358. The summed E-state index contributed by atoms with van der Waals surface area (Å²) < 4.78 is 5.32. The summed E-state index contributed by atoms with van der Waals surface area (Å²) in [6, 6.07) is 7.99. The lowest BCUT2D eigenvalue weighted by Gasteiger charge is -1.99. The maximum atomic E-state index is 5.45. The van der Waals surface area contributed by atoms with Crippen LogP contribution in [0.25, 0.3) is 11.0 Å². The highest BCUT2D eigenvalue weighted by molar-refractivity contribution is 14.3. The Morgan fingerprint density at radius 2 is 2.20 bits per heavy atom. The summed E-state index contributed by atoms with van der Waals surface area (Å²) in [5.41, 5.74) is 2.06. The predicted octanol–water partition coefficient (Wildman–Crippen LogP) is 4.82. The molecular weight excluding hydrogens is 457 g/mol. The number of imidazole rings is 1. The molecule has 0 fully saturated rings. The first-order chi connectivity index (χ1) is 7.25. The van der Waals surface area contributed by atoms with Crippen LogP contribution in [0.5, 0.6) is 0 Å². The van der Waals surface area contributed by atoms with Gasteiger partial charge in [0.25, 0.3) is 0 Å². The number of H-pyrrole nitrogens is 1. The average molecular weight is 464 g/mol. The smallest absolute Gasteiger partial charge is 0.134 e. The minimum atomic E-state index is -0.128. The third-order valence-corrected chi connectivity index (χ3v) is 5.63. The van der Waals surface area contributed by atoms with E-state index >= 15 is 0 Å². The maximum Gasteiger partial charge on any atom is 0.134 e. The van der Waals surface area contributed by atoms with Gasteiger partial charge in [0.1, 0.15) is 14.8 Å². The van der Waals surface area contributed by atoms with Crippen LogP contribution in [0.3, 0.4) is 0 Å². The molecule has 1 aromatic carbocycles. The van der Waals surface area contributed by atoms with Crippen molar-refractivity contribution in [1.82, 2.24) is 9.97 Å². The fourth-order valence-corrected chi connectivity index (χ4v) is 3.88. The zero-order valence-electron chi connectivity index (χ0n) is 7.48. The quantitative estimate of drug-likeness (QED) is 0.401. The molecule has 2 aromatic rings. The fourth-order valence-electron chi connectivity index (χ4n) is 1.20. The Hall–Kier alpha value is 0.890. The molecule has 0 amide bonds. The predicted molar refractivity (Wildman–Crippen MR) is 83.4 cm³/mol. The van der Waals surface area contributed by atoms with Crippen molar-refractivity contribution in [3.63, 3.8) is 0 Å². The first-order valence-electron chi connectivity index (χ1n) is 4.10. The van der Waals surface area contributed by atoms with Crippen molar-refractivity contribution in [1.29, 1.82) is 0 Å². The molecule has 15 heavy (non-hydrogen) atoms. The first-order valence-corrected chi connectivity index (χ1v) is 12.4. The number of nitrogens with zero attached hydrogens (tertiary/aromatic N) is 1. The van der Waals surface area contributed by atoms with E-state index in [1.165, 1.54) is 11.7 Å². The van der Waals surface area contributed by atoms with Crippen molar-refractivity contribution in [3.05, 3.63) is 30.1 Å². The van der Waals surface area contributed by atoms with Gasteiger partial charge in [-0.05, 0) is 56.2 Å². The third kappa shape index (κ3) is 3.69. The van der Waals surface area contributed by atoms with Crippen LogP contribution in [0.2, 0.25) is 0 Å². The molecule has 0 atom stereocenters. The lowest BCUT2D eigenvalue weighted by Crippen LogP contribution is -1.86. The highest BCUT2D eigenvalue weighted by Gasteiger charge is 2.04. The Labute approximate surface area is 119 Å². The van der Waals surface area contributed by atoms with Crippen molar-refractivity contribution in [3.8, 4) is 0 Å². The number of fused-ring (bicyclic) bond motifs is 1. The molecule has 1 heterocycles. The van der Waals surface area contributed by atoms with E-state index in [9.17, 15) is 0 Å². The van der Waals surface area contributed by atoms with Gasteiger partial charge in [-0.25, -0.2) is 4.98 Å². The van der Waals surface area contributed by atoms with E-state index < -0.39 is 0 Å². The van der Waals surface area contributed by atoms with Crippen LogP contribution in [-0.4, -0.2) is 9.97 Å².